The number of rotatable bonds is 7. The van der Waals surface area contributed by atoms with E-state index in [2.05, 4.69) is 36.5 Å². The second-order valence-electron chi connectivity index (χ2n) is 4.34. The van der Waals surface area contributed by atoms with E-state index in [4.69, 9.17) is 4.74 Å². The third-order valence-electron chi connectivity index (χ3n) is 2.44. The van der Waals surface area contributed by atoms with Gasteiger partial charge in [0.1, 0.15) is 0 Å². The Morgan fingerprint density at radius 2 is 2.06 bits per heavy atom. The topological polar surface area (TPSA) is 38.3 Å². The van der Waals surface area contributed by atoms with Gasteiger partial charge in [0.2, 0.25) is 5.91 Å². The van der Waals surface area contributed by atoms with E-state index in [9.17, 15) is 4.79 Å². The number of ether oxygens (including phenoxy) is 1. The van der Waals surface area contributed by atoms with Gasteiger partial charge in [-0.05, 0) is 26.0 Å². The molecule has 0 spiro atoms. The first-order valence-electron chi connectivity index (χ1n) is 6.09. The van der Waals surface area contributed by atoms with E-state index in [1.807, 2.05) is 6.92 Å². The number of amides is 1. The molecule has 0 heterocycles. The Hall–Kier alpha value is -1.00. The molecule has 1 atom stereocenters. The van der Waals surface area contributed by atoms with E-state index in [0.717, 1.165) is 5.75 Å². The van der Waals surface area contributed by atoms with Gasteiger partial charge in [0, 0.05) is 30.2 Å². The van der Waals surface area contributed by atoms with Crippen molar-refractivity contribution >= 4 is 17.7 Å². The number of nitrogens with one attached hydrogen (secondary N) is 1. The quantitative estimate of drug-likeness (QED) is 0.772. The lowest BCUT2D eigenvalue weighted by atomic mass is 10.2. The van der Waals surface area contributed by atoms with Gasteiger partial charge in [-0.2, -0.15) is 0 Å². The maximum Gasteiger partial charge on any atom is 0.221 e. The van der Waals surface area contributed by atoms with Crippen molar-refractivity contribution in [1.82, 2.24) is 5.32 Å². The summed E-state index contributed by atoms with van der Waals surface area (Å²) in [7, 11) is 1.63. The monoisotopic (exact) mass is 267 g/mol. The fourth-order valence-corrected chi connectivity index (χ4v) is 2.39. The highest BCUT2D eigenvalue weighted by Gasteiger charge is 2.06. The number of carbonyl (C=O) groups excluding carboxylic acids is 1. The van der Waals surface area contributed by atoms with Crippen LogP contribution in [0.15, 0.2) is 29.2 Å². The van der Waals surface area contributed by atoms with E-state index in [-0.39, 0.29) is 11.9 Å². The molecule has 1 amide bonds. The molecule has 0 bridgehead atoms. The number of hydrogen-bond donors (Lipinski definition) is 1. The van der Waals surface area contributed by atoms with E-state index < -0.39 is 0 Å². The second kappa shape index (κ2) is 8.16. The molecule has 4 heteroatoms. The Labute approximate surface area is 113 Å². The fourth-order valence-electron chi connectivity index (χ4n) is 1.53. The Bertz CT molecular complexity index is 365. The van der Waals surface area contributed by atoms with Crippen molar-refractivity contribution in [1.29, 1.82) is 0 Å². The number of aryl methyl sites for hydroxylation is 1. The van der Waals surface area contributed by atoms with Gasteiger partial charge in [-0.15, -0.1) is 11.8 Å². The van der Waals surface area contributed by atoms with Crippen LogP contribution in [-0.2, 0) is 9.53 Å². The summed E-state index contributed by atoms with van der Waals surface area (Å²) >= 11 is 1.71. The van der Waals surface area contributed by atoms with Crippen molar-refractivity contribution in [3.05, 3.63) is 29.8 Å². The van der Waals surface area contributed by atoms with Crippen LogP contribution < -0.4 is 5.32 Å². The Balaban J connectivity index is 2.21. The number of thioether (sulfide) groups is 1. The minimum atomic E-state index is 0.0758. The average molecular weight is 267 g/mol. The van der Waals surface area contributed by atoms with Crippen LogP contribution in [0.4, 0.5) is 0 Å². The van der Waals surface area contributed by atoms with Crippen LogP contribution in [0.5, 0.6) is 0 Å². The molecule has 1 N–H and O–H groups in total. The van der Waals surface area contributed by atoms with Crippen molar-refractivity contribution in [2.45, 2.75) is 31.2 Å². The van der Waals surface area contributed by atoms with Crippen LogP contribution in [0.1, 0.15) is 18.9 Å². The summed E-state index contributed by atoms with van der Waals surface area (Å²) < 4.78 is 4.97. The number of methoxy groups -OCH3 is 1. The lowest BCUT2D eigenvalue weighted by Crippen LogP contribution is -2.35. The zero-order valence-electron chi connectivity index (χ0n) is 11.2. The molecule has 0 aliphatic rings. The van der Waals surface area contributed by atoms with Gasteiger partial charge in [0.15, 0.2) is 0 Å². The van der Waals surface area contributed by atoms with Gasteiger partial charge in [-0.25, -0.2) is 0 Å². The number of hydrogen-bond acceptors (Lipinski definition) is 3. The largest absolute Gasteiger partial charge is 0.383 e. The van der Waals surface area contributed by atoms with Crippen LogP contribution in [0.3, 0.4) is 0 Å². The van der Waals surface area contributed by atoms with Crippen molar-refractivity contribution in [3.8, 4) is 0 Å². The molecule has 0 saturated carbocycles. The predicted molar refractivity (Wildman–Crippen MR) is 76.0 cm³/mol. The molecule has 1 aromatic rings. The van der Waals surface area contributed by atoms with Gasteiger partial charge >= 0.3 is 0 Å². The summed E-state index contributed by atoms with van der Waals surface area (Å²) in [4.78, 5) is 12.8. The first-order chi connectivity index (χ1) is 8.61. The molecule has 0 aliphatic heterocycles. The minimum absolute atomic E-state index is 0.0758. The van der Waals surface area contributed by atoms with Crippen LogP contribution in [0.2, 0.25) is 0 Å². The summed E-state index contributed by atoms with van der Waals surface area (Å²) in [6.07, 6.45) is 0.534. The second-order valence-corrected chi connectivity index (χ2v) is 5.50. The summed E-state index contributed by atoms with van der Waals surface area (Å²) in [5.74, 6) is 0.883. The van der Waals surface area contributed by atoms with Crippen LogP contribution in [-0.4, -0.2) is 31.4 Å². The molecule has 0 saturated heterocycles. The molecular formula is C14H21NO2S. The molecule has 1 rings (SSSR count). The first kappa shape index (κ1) is 15.1. The van der Waals surface area contributed by atoms with Crippen molar-refractivity contribution in [3.63, 3.8) is 0 Å². The molecule has 18 heavy (non-hydrogen) atoms. The molecule has 100 valence electrons. The van der Waals surface area contributed by atoms with Crippen LogP contribution in [0.25, 0.3) is 0 Å². The highest BCUT2D eigenvalue weighted by Crippen LogP contribution is 2.18. The van der Waals surface area contributed by atoms with Gasteiger partial charge in [-0.3, -0.25) is 4.79 Å². The Kier molecular flexibility index (Phi) is 6.83. The summed E-state index contributed by atoms with van der Waals surface area (Å²) in [5, 5.41) is 2.90. The van der Waals surface area contributed by atoms with Gasteiger partial charge < -0.3 is 10.1 Å². The van der Waals surface area contributed by atoms with E-state index >= 15 is 0 Å². The zero-order valence-corrected chi connectivity index (χ0v) is 12.0. The predicted octanol–water partition coefficient (Wildman–Crippen LogP) is 2.63. The lowest BCUT2D eigenvalue weighted by molar-refractivity contribution is -0.121. The maximum atomic E-state index is 11.6. The van der Waals surface area contributed by atoms with Crippen molar-refractivity contribution < 1.29 is 9.53 Å². The molecule has 0 unspecified atom stereocenters. The third-order valence-corrected chi connectivity index (χ3v) is 3.46. The zero-order chi connectivity index (χ0) is 13.4. The molecular weight excluding hydrogens is 246 g/mol. The summed E-state index contributed by atoms with van der Waals surface area (Å²) in [6.45, 7) is 4.56. The molecule has 0 aliphatic carbocycles. The average Bonchev–Trinajstić information content (AvgIpc) is 2.32. The van der Waals surface area contributed by atoms with Crippen molar-refractivity contribution in [2.24, 2.45) is 0 Å². The number of carbonyl (C=O) groups is 1. The lowest BCUT2D eigenvalue weighted by Gasteiger charge is -2.12. The molecule has 1 aromatic carbocycles. The van der Waals surface area contributed by atoms with Crippen LogP contribution >= 0.6 is 11.8 Å². The van der Waals surface area contributed by atoms with Gasteiger partial charge in [-0.1, -0.05) is 17.7 Å². The SMILES string of the molecule is COC[C@H](C)NC(=O)CCSc1ccc(C)cc1. The Morgan fingerprint density at radius 1 is 1.39 bits per heavy atom. The maximum absolute atomic E-state index is 11.6. The highest BCUT2D eigenvalue weighted by molar-refractivity contribution is 7.99. The standard InChI is InChI=1S/C14H21NO2S/c1-11-4-6-13(7-5-11)18-9-8-14(16)15-12(2)10-17-3/h4-7,12H,8-10H2,1-3H3,(H,15,16)/t12-/m0/s1. The first-order valence-corrected chi connectivity index (χ1v) is 7.08. The van der Waals surface area contributed by atoms with E-state index in [0.29, 0.717) is 13.0 Å². The fraction of sp³-hybridized carbons (Fsp3) is 0.500. The van der Waals surface area contributed by atoms with Crippen LogP contribution in [0, 0.1) is 6.92 Å². The van der Waals surface area contributed by atoms with E-state index in [1.165, 1.54) is 10.5 Å². The number of benzene rings is 1. The van der Waals surface area contributed by atoms with Crippen molar-refractivity contribution in [2.75, 3.05) is 19.5 Å². The molecule has 0 aromatic heterocycles. The van der Waals surface area contributed by atoms with Gasteiger partial charge in [0.05, 0.1) is 6.61 Å². The third kappa shape index (κ3) is 6.07. The molecule has 0 radical (unpaired) electrons. The smallest absolute Gasteiger partial charge is 0.221 e. The molecule has 0 fully saturated rings. The van der Waals surface area contributed by atoms with Gasteiger partial charge in [0.25, 0.3) is 0 Å². The molecule has 3 nitrogen and oxygen atoms in total. The summed E-state index contributed by atoms with van der Waals surface area (Å²) in [6, 6.07) is 8.43. The highest BCUT2D eigenvalue weighted by atomic mass is 32.2. The Morgan fingerprint density at radius 3 is 2.67 bits per heavy atom. The minimum Gasteiger partial charge on any atom is -0.383 e. The normalized spacial score (nSPS) is 12.2. The van der Waals surface area contributed by atoms with E-state index in [1.54, 1.807) is 18.9 Å². The summed E-state index contributed by atoms with van der Waals surface area (Å²) in [5.41, 5.74) is 1.26.